The minimum atomic E-state index is -2.12. The zero-order chi connectivity index (χ0) is 39.9. The first-order valence-electron chi connectivity index (χ1n) is 19.5. The fraction of sp³-hybridized carbons (Fsp3) is 0.537. The Kier molecular flexibility index (Phi) is 11.3. The summed E-state index contributed by atoms with van der Waals surface area (Å²) in [6.07, 6.45) is 2.76. The molecule has 2 fully saturated rings. The smallest absolute Gasteiger partial charge is 0.355 e. The van der Waals surface area contributed by atoms with E-state index < -0.39 is 29.1 Å². The number of nitrogens with zero attached hydrogens (tertiary/aromatic N) is 6. The molecule has 3 aliphatic rings. The summed E-state index contributed by atoms with van der Waals surface area (Å²) in [5.74, 6) is -1.71. The van der Waals surface area contributed by atoms with Crippen LogP contribution in [0.4, 0.5) is 5.69 Å². The fourth-order valence-electron chi connectivity index (χ4n) is 8.12. The van der Waals surface area contributed by atoms with Crippen LogP contribution < -0.4 is 15.6 Å². The van der Waals surface area contributed by atoms with Crippen molar-refractivity contribution in [3.63, 3.8) is 0 Å². The number of piperazine rings is 1. The first kappa shape index (κ1) is 39.8. The Morgan fingerprint density at radius 3 is 2.66 bits per heavy atom. The molecule has 3 N–H and O–H groups in total. The second-order valence-electron chi connectivity index (χ2n) is 16.2. The van der Waals surface area contributed by atoms with Crippen LogP contribution in [0.25, 0.3) is 33.4 Å². The van der Waals surface area contributed by atoms with Crippen LogP contribution in [0.3, 0.4) is 0 Å². The highest BCUT2D eigenvalue weighted by atomic mass is 32.1. The van der Waals surface area contributed by atoms with Crippen molar-refractivity contribution >= 4 is 45.7 Å². The van der Waals surface area contributed by atoms with Gasteiger partial charge >= 0.3 is 5.97 Å². The number of carbonyl (C=O) groups is 3. The molecular weight excluding hydrogens is 733 g/mol. The fourth-order valence-corrected chi connectivity index (χ4v) is 8.97. The number of hydrazine groups is 1. The normalized spacial score (nSPS) is 22.8. The molecule has 0 radical (unpaired) electrons. The second-order valence-corrected chi connectivity index (χ2v) is 17.1. The molecular formula is C41H54N8O6S. The summed E-state index contributed by atoms with van der Waals surface area (Å²) in [6.45, 7) is 14.3. The van der Waals surface area contributed by atoms with Gasteiger partial charge in [0.1, 0.15) is 6.04 Å². The van der Waals surface area contributed by atoms with Crippen LogP contribution in [0.5, 0.6) is 0 Å². The predicted molar refractivity (Wildman–Crippen MR) is 216 cm³/mol. The quantitative estimate of drug-likeness (QED) is 0.240. The van der Waals surface area contributed by atoms with Crippen LogP contribution in [0, 0.1) is 5.41 Å². The van der Waals surface area contributed by atoms with Crippen LogP contribution in [0.1, 0.15) is 69.8 Å². The number of thiazole rings is 1. The SMILES string of the molecule is CCn1c(-c2cc(N3CCN(C)CC3)cnc2[C@H](C)OC)c2c3cc(ccc31)-c1csc(n1)C[C@H](NC(C)=O)C(=O)N1CCC[C@@](O)(N1)C(=O)OCC(C)(C)C2. The number of aryl methyl sites for hydroxylation is 1. The van der Waals surface area contributed by atoms with Gasteiger partial charge in [0.2, 0.25) is 11.6 Å². The highest BCUT2D eigenvalue weighted by Gasteiger charge is 2.45. The van der Waals surface area contributed by atoms with Crippen molar-refractivity contribution in [2.75, 3.05) is 58.4 Å². The van der Waals surface area contributed by atoms with Crippen LogP contribution in [-0.4, -0.2) is 113 Å². The largest absolute Gasteiger partial charge is 0.462 e. The van der Waals surface area contributed by atoms with Crippen molar-refractivity contribution in [3.05, 3.63) is 52.1 Å². The number of hydrogen-bond donors (Lipinski definition) is 3. The van der Waals surface area contributed by atoms with Crippen molar-refractivity contribution < 1.29 is 29.0 Å². The first-order chi connectivity index (χ1) is 26.7. The predicted octanol–water partition coefficient (Wildman–Crippen LogP) is 4.29. The van der Waals surface area contributed by atoms with Gasteiger partial charge in [-0.1, -0.05) is 19.9 Å². The van der Waals surface area contributed by atoms with Gasteiger partial charge in [-0.05, 0) is 57.5 Å². The van der Waals surface area contributed by atoms with E-state index in [-0.39, 0.29) is 38.0 Å². The molecule has 0 unspecified atom stereocenters. The highest BCUT2D eigenvalue weighted by molar-refractivity contribution is 7.10. The Labute approximate surface area is 332 Å². The molecule has 7 rings (SSSR count). The summed E-state index contributed by atoms with van der Waals surface area (Å²) in [6, 6.07) is 7.69. The van der Waals surface area contributed by atoms with E-state index in [1.165, 1.54) is 23.3 Å². The molecule has 300 valence electrons. The number of cyclic esters (lactones) is 1. The van der Waals surface area contributed by atoms with E-state index in [1.54, 1.807) is 7.11 Å². The molecule has 0 saturated carbocycles. The molecule has 1 aromatic carbocycles. The minimum absolute atomic E-state index is 0.00653. The molecule has 3 atom stereocenters. The standard InChI is InChI=1S/C41H54N8O6S/c1-8-48-34-11-10-27-18-29(34)31(37(48)30-19-28(22-42-36(30)25(2)54-7)47-16-14-46(6)15-17-47)21-40(4,5)24-55-39(52)41(53)12-9-13-49(45-41)38(51)32(43-26(3)50)20-35-44-33(27)23-56-35/h10-11,18-19,22-23,25,32,45,53H,8-9,12-17,20-21,24H2,1-7H3,(H,43,50)/t25-,32-,41-/m0/s1. The molecule has 6 heterocycles. The van der Waals surface area contributed by atoms with Gasteiger partial charge < -0.3 is 34.3 Å². The van der Waals surface area contributed by atoms with E-state index in [0.29, 0.717) is 24.4 Å². The number of anilines is 1. The number of amides is 2. The lowest BCUT2D eigenvalue weighted by Gasteiger charge is -2.40. The first-order valence-corrected chi connectivity index (χ1v) is 20.4. The maximum Gasteiger partial charge on any atom is 0.355 e. The lowest BCUT2D eigenvalue weighted by atomic mass is 9.84. The van der Waals surface area contributed by atoms with Gasteiger partial charge in [0.15, 0.2) is 0 Å². The number of carbonyl (C=O) groups excluding carboxylic acids is 3. The van der Waals surface area contributed by atoms with Gasteiger partial charge in [-0.3, -0.25) is 19.6 Å². The Morgan fingerprint density at radius 1 is 1.18 bits per heavy atom. The number of ether oxygens (including phenoxy) is 2. The van der Waals surface area contributed by atoms with E-state index >= 15 is 0 Å². The van der Waals surface area contributed by atoms with E-state index in [0.717, 1.165) is 76.5 Å². The molecule has 2 amide bonds. The minimum Gasteiger partial charge on any atom is -0.462 e. The summed E-state index contributed by atoms with van der Waals surface area (Å²) < 4.78 is 14.2. The van der Waals surface area contributed by atoms with Crippen LogP contribution >= 0.6 is 11.3 Å². The van der Waals surface area contributed by atoms with Crippen molar-refractivity contribution in [2.24, 2.45) is 5.41 Å². The average Bonchev–Trinajstić information content (AvgIpc) is 3.77. The Bertz CT molecular complexity index is 2120. The Balaban J connectivity index is 1.41. The number of fused-ring (bicyclic) bond motifs is 6. The topological polar surface area (TPSA) is 154 Å². The Morgan fingerprint density at radius 2 is 1.95 bits per heavy atom. The molecule has 6 bridgehead atoms. The maximum atomic E-state index is 13.8. The lowest BCUT2D eigenvalue weighted by molar-refractivity contribution is -0.189. The third-order valence-corrected chi connectivity index (χ3v) is 12.1. The molecule has 56 heavy (non-hydrogen) atoms. The molecule has 0 aliphatic carbocycles. The number of aromatic nitrogens is 3. The Hall–Kier alpha value is -4.41. The van der Waals surface area contributed by atoms with Crippen LogP contribution in [0.2, 0.25) is 0 Å². The second kappa shape index (κ2) is 15.9. The van der Waals surface area contributed by atoms with E-state index in [1.807, 2.05) is 18.5 Å². The molecule has 0 spiro atoms. The molecule has 4 aromatic rings. The number of methoxy groups -OCH3 is 1. The summed E-state index contributed by atoms with van der Waals surface area (Å²) in [4.78, 5) is 54.6. The summed E-state index contributed by atoms with van der Waals surface area (Å²) >= 11 is 1.42. The number of rotatable bonds is 6. The average molecular weight is 787 g/mol. The third-order valence-electron chi connectivity index (χ3n) is 11.2. The number of pyridine rings is 1. The van der Waals surface area contributed by atoms with Crippen molar-refractivity contribution in [3.8, 4) is 22.5 Å². The number of hydrogen-bond acceptors (Lipinski definition) is 12. The van der Waals surface area contributed by atoms with Gasteiger partial charge in [-0.2, -0.15) is 5.43 Å². The van der Waals surface area contributed by atoms with Crippen molar-refractivity contribution in [2.45, 2.75) is 84.7 Å². The lowest BCUT2D eigenvalue weighted by Crippen LogP contribution is -2.67. The summed E-state index contributed by atoms with van der Waals surface area (Å²) in [5, 5.41) is 19.3. The van der Waals surface area contributed by atoms with E-state index in [4.69, 9.17) is 19.4 Å². The van der Waals surface area contributed by atoms with Crippen LogP contribution in [-0.2, 0) is 43.2 Å². The number of benzene rings is 1. The number of likely N-dealkylation sites (N-methyl/N-ethyl adjacent to an activating group) is 1. The number of aliphatic hydroxyl groups is 1. The molecule has 3 aromatic heterocycles. The molecule has 15 heteroatoms. The van der Waals surface area contributed by atoms with Crippen molar-refractivity contribution in [1.82, 2.24) is 35.2 Å². The summed E-state index contributed by atoms with van der Waals surface area (Å²) in [5.41, 5.74) is 7.78. The maximum absolute atomic E-state index is 13.8. The van der Waals surface area contributed by atoms with Gasteiger partial charge in [-0.15, -0.1) is 11.3 Å². The molecule has 2 saturated heterocycles. The van der Waals surface area contributed by atoms with Gasteiger partial charge in [0, 0.05) is 99.0 Å². The molecule has 14 nitrogen and oxygen atoms in total. The summed E-state index contributed by atoms with van der Waals surface area (Å²) in [7, 11) is 3.85. The highest BCUT2D eigenvalue weighted by Crippen LogP contribution is 2.43. The zero-order valence-electron chi connectivity index (χ0n) is 33.5. The van der Waals surface area contributed by atoms with Gasteiger partial charge in [0.05, 0.1) is 46.7 Å². The van der Waals surface area contributed by atoms with Crippen LogP contribution in [0.15, 0.2) is 35.8 Å². The van der Waals surface area contributed by atoms with Gasteiger partial charge in [-0.25, -0.2) is 9.78 Å². The monoisotopic (exact) mass is 786 g/mol. The zero-order valence-corrected chi connectivity index (χ0v) is 34.3. The molecule has 3 aliphatic heterocycles. The third kappa shape index (κ3) is 7.92. The van der Waals surface area contributed by atoms with E-state index in [2.05, 4.69) is 77.2 Å². The van der Waals surface area contributed by atoms with Crippen molar-refractivity contribution in [1.29, 1.82) is 0 Å². The van der Waals surface area contributed by atoms with E-state index in [9.17, 15) is 19.5 Å². The van der Waals surface area contributed by atoms with Gasteiger partial charge in [0.25, 0.3) is 5.91 Å². The number of esters is 1. The number of nitrogens with one attached hydrogen (secondary N) is 2.